The van der Waals surface area contributed by atoms with Gasteiger partial charge < -0.3 is 10.7 Å². The number of anilines is 2. The van der Waals surface area contributed by atoms with Gasteiger partial charge in [-0.3, -0.25) is 4.79 Å². The van der Waals surface area contributed by atoms with Crippen molar-refractivity contribution in [1.29, 1.82) is 0 Å². The number of hydrogen-bond donors (Lipinski definition) is 3. The number of pyridine rings is 1. The number of hydrazine groups is 1. The Balaban J connectivity index is 2.23. The van der Waals surface area contributed by atoms with Gasteiger partial charge in [0.25, 0.3) is 5.91 Å². The lowest BCUT2D eigenvalue weighted by molar-refractivity contribution is 0.102. The quantitative estimate of drug-likeness (QED) is 0.600. The van der Waals surface area contributed by atoms with Crippen molar-refractivity contribution >= 4 is 29.0 Å². The minimum Gasteiger partial charge on any atom is -0.322 e. The number of nitrogens with zero attached hydrogens (tertiary/aromatic N) is 1. The van der Waals surface area contributed by atoms with Crippen LogP contribution < -0.4 is 16.6 Å². The zero-order chi connectivity index (χ0) is 14.7. The van der Waals surface area contributed by atoms with Gasteiger partial charge in [0.2, 0.25) is 0 Å². The number of rotatable bonds is 3. The highest BCUT2D eigenvalue weighted by Crippen LogP contribution is 2.20. The van der Waals surface area contributed by atoms with Crippen LogP contribution in [0.25, 0.3) is 0 Å². The molecule has 2 aromatic rings. The first kappa shape index (κ1) is 14.3. The highest BCUT2D eigenvalue weighted by atomic mass is 35.5. The van der Waals surface area contributed by atoms with Crippen molar-refractivity contribution in [2.24, 2.45) is 5.84 Å². The number of nitrogen functional groups attached to an aromatic ring is 1. The van der Waals surface area contributed by atoms with E-state index in [0.29, 0.717) is 27.8 Å². The molecule has 0 fully saturated rings. The molecule has 0 spiro atoms. The summed E-state index contributed by atoms with van der Waals surface area (Å²) in [4.78, 5) is 16.3. The number of amides is 1. The fourth-order valence-corrected chi connectivity index (χ4v) is 1.93. The molecule has 6 heteroatoms. The Kier molecular flexibility index (Phi) is 4.22. The molecule has 104 valence electrons. The third-order valence-electron chi connectivity index (χ3n) is 2.79. The molecule has 1 heterocycles. The van der Waals surface area contributed by atoms with E-state index in [4.69, 9.17) is 17.4 Å². The zero-order valence-corrected chi connectivity index (χ0v) is 12.0. The molecule has 0 aliphatic rings. The van der Waals surface area contributed by atoms with Crippen molar-refractivity contribution in [3.05, 3.63) is 52.2 Å². The van der Waals surface area contributed by atoms with Crippen LogP contribution in [0.5, 0.6) is 0 Å². The molecule has 0 saturated heterocycles. The Morgan fingerprint density at radius 1 is 1.25 bits per heavy atom. The minimum atomic E-state index is -0.244. The SMILES string of the molecule is Cc1cc(C(=O)Nc2ccc(C)c(Cl)c2)cc(NN)n1. The fraction of sp³-hybridized carbons (Fsp3) is 0.143. The van der Waals surface area contributed by atoms with Gasteiger partial charge in [0.15, 0.2) is 0 Å². The lowest BCUT2D eigenvalue weighted by Gasteiger charge is -2.09. The summed E-state index contributed by atoms with van der Waals surface area (Å²) in [5, 5.41) is 3.39. The number of aromatic nitrogens is 1. The van der Waals surface area contributed by atoms with E-state index >= 15 is 0 Å². The van der Waals surface area contributed by atoms with E-state index in [2.05, 4.69) is 15.7 Å². The molecule has 0 aliphatic heterocycles. The van der Waals surface area contributed by atoms with E-state index in [1.807, 2.05) is 13.0 Å². The van der Waals surface area contributed by atoms with Gasteiger partial charge >= 0.3 is 0 Å². The molecular weight excluding hydrogens is 276 g/mol. The van der Waals surface area contributed by atoms with Crippen LogP contribution in [-0.2, 0) is 0 Å². The first-order chi connectivity index (χ1) is 9.49. The average molecular weight is 291 g/mol. The lowest BCUT2D eigenvalue weighted by Crippen LogP contribution is -2.15. The molecule has 5 nitrogen and oxygen atoms in total. The number of benzene rings is 1. The van der Waals surface area contributed by atoms with Crippen LogP contribution >= 0.6 is 11.6 Å². The Labute approximate surface area is 122 Å². The Bertz CT molecular complexity index is 658. The summed E-state index contributed by atoms with van der Waals surface area (Å²) in [7, 11) is 0. The molecular formula is C14H15ClN4O. The summed E-state index contributed by atoms with van der Waals surface area (Å²) >= 11 is 6.03. The molecule has 1 aromatic heterocycles. The van der Waals surface area contributed by atoms with E-state index in [1.165, 1.54) is 0 Å². The topological polar surface area (TPSA) is 80.0 Å². The molecule has 0 aliphatic carbocycles. The van der Waals surface area contributed by atoms with Gasteiger partial charge in [-0.05, 0) is 43.7 Å². The standard InChI is InChI=1S/C14H15ClN4O/c1-8-3-4-11(7-12(8)15)18-14(20)10-5-9(2)17-13(6-10)19-16/h3-7H,16H2,1-2H3,(H,17,19)(H,18,20). The lowest BCUT2D eigenvalue weighted by atomic mass is 10.2. The van der Waals surface area contributed by atoms with Crippen molar-refractivity contribution < 1.29 is 4.79 Å². The number of nitrogens with one attached hydrogen (secondary N) is 2. The van der Waals surface area contributed by atoms with Crippen LogP contribution in [0, 0.1) is 13.8 Å². The van der Waals surface area contributed by atoms with E-state index in [-0.39, 0.29) is 5.91 Å². The normalized spacial score (nSPS) is 10.2. The molecule has 1 amide bonds. The Morgan fingerprint density at radius 3 is 2.65 bits per heavy atom. The summed E-state index contributed by atoms with van der Waals surface area (Å²) in [5.74, 6) is 5.51. The minimum absolute atomic E-state index is 0.244. The number of carbonyl (C=O) groups is 1. The van der Waals surface area contributed by atoms with Crippen LogP contribution in [0.3, 0.4) is 0 Å². The van der Waals surface area contributed by atoms with Gasteiger partial charge in [0.05, 0.1) is 0 Å². The van der Waals surface area contributed by atoms with Crippen LogP contribution in [-0.4, -0.2) is 10.9 Å². The van der Waals surface area contributed by atoms with Gasteiger partial charge in [-0.2, -0.15) is 0 Å². The average Bonchev–Trinajstić information content (AvgIpc) is 2.42. The monoisotopic (exact) mass is 290 g/mol. The highest BCUT2D eigenvalue weighted by Gasteiger charge is 2.09. The van der Waals surface area contributed by atoms with E-state index in [1.54, 1.807) is 31.2 Å². The Hall–Kier alpha value is -2.11. The van der Waals surface area contributed by atoms with Gasteiger partial charge in [-0.1, -0.05) is 17.7 Å². The van der Waals surface area contributed by atoms with E-state index in [0.717, 1.165) is 5.56 Å². The van der Waals surface area contributed by atoms with Crippen LogP contribution in [0.1, 0.15) is 21.6 Å². The Morgan fingerprint density at radius 2 is 2.00 bits per heavy atom. The molecule has 0 saturated carbocycles. The van der Waals surface area contributed by atoms with Gasteiger partial charge in [0, 0.05) is 22.0 Å². The predicted octanol–water partition coefficient (Wildman–Crippen LogP) is 2.89. The number of carbonyl (C=O) groups excluding carboxylic acids is 1. The summed E-state index contributed by atoms with van der Waals surface area (Å²) in [5.41, 5.74) is 5.21. The number of aryl methyl sites for hydroxylation is 2. The molecule has 2 rings (SSSR count). The summed E-state index contributed by atoms with van der Waals surface area (Å²) in [6.07, 6.45) is 0. The maximum Gasteiger partial charge on any atom is 0.255 e. The maximum absolute atomic E-state index is 12.2. The molecule has 0 atom stereocenters. The van der Waals surface area contributed by atoms with Crippen molar-refractivity contribution in [2.45, 2.75) is 13.8 Å². The second kappa shape index (κ2) is 5.90. The number of halogens is 1. The first-order valence-corrected chi connectivity index (χ1v) is 6.40. The molecule has 0 unspecified atom stereocenters. The third-order valence-corrected chi connectivity index (χ3v) is 3.20. The van der Waals surface area contributed by atoms with Crippen LogP contribution in [0.15, 0.2) is 30.3 Å². The molecule has 1 aromatic carbocycles. The maximum atomic E-state index is 12.2. The molecule has 0 bridgehead atoms. The summed E-state index contributed by atoms with van der Waals surface area (Å²) in [6.45, 7) is 3.69. The van der Waals surface area contributed by atoms with Crippen molar-refractivity contribution in [2.75, 3.05) is 10.7 Å². The third kappa shape index (κ3) is 3.26. The number of nitrogens with two attached hydrogens (primary N) is 1. The number of hydrogen-bond acceptors (Lipinski definition) is 4. The highest BCUT2D eigenvalue weighted by molar-refractivity contribution is 6.31. The summed E-state index contributed by atoms with van der Waals surface area (Å²) < 4.78 is 0. The molecule has 4 N–H and O–H groups in total. The van der Waals surface area contributed by atoms with E-state index < -0.39 is 0 Å². The summed E-state index contributed by atoms with van der Waals surface area (Å²) in [6, 6.07) is 8.63. The van der Waals surface area contributed by atoms with Crippen LogP contribution in [0.4, 0.5) is 11.5 Å². The van der Waals surface area contributed by atoms with Crippen LogP contribution in [0.2, 0.25) is 5.02 Å². The second-order valence-electron chi connectivity index (χ2n) is 4.44. The van der Waals surface area contributed by atoms with Crippen molar-refractivity contribution in [1.82, 2.24) is 4.98 Å². The van der Waals surface area contributed by atoms with Gasteiger partial charge in [-0.15, -0.1) is 0 Å². The van der Waals surface area contributed by atoms with Gasteiger partial charge in [-0.25, -0.2) is 10.8 Å². The largest absolute Gasteiger partial charge is 0.322 e. The fourth-order valence-electron chi connectivity index (χ4n) is 1.75. The van der Waals surface area contributed by atoms with Gasteiger partial charge in [0.1, 0.15) is 5.82 Å². The second-order valence-corrected chi connectivity index (χ2v) is 4.85. The molecule has 0 radical (unpaired) electrons. The zero-order valence-electron chi connectivity index (χ0n) is 11.2. The first-order valence-electron chi connectivity index (χ1n) is 6.02. The van der Waals surface area contributed by atoms with Crippen molar-refractivity contribution in [3.8, 4) is 0 Å². The van der Waals surface area contributed by atoms with Crippen molar-refractivity contribution in [3.63, 3.8) is 0 Å². The predicted molar refractivity (Wildman–Crippen MR) is 80.9 cm³/mol. The molecule has 20 heavy (non-hydrogen) atoms. The van der Waals surface area contributed by atoms with E-state index in [9.17, 15) is 4.79 Å². The smallest absolute Gasteiger partial charge is 0.255 e.